The third-order valence-electron chi connectivity index (χ3n) is 3.27. The van der Waals surface area contributed by atoms with Gasteiger partial charge in [-0.15, -0.1) is 0 Å². The zero-order valence-electron chi connectivity index (χ0n) is 12.0. The smallest absolute Gasteiger partial charge is 0.0752 e. The molecule has 0 aliphatic carbocycles. The van der Waals surface area contributed by atoms with Gasteiger partial charge in [0.15, 0.2) is 0 Å². The molecule has 2 aromatic rings. The van der Waals surface area contributed by atoms with Crippen LogP contribution in [0.2, 0.25) is 0 Å². The summed E-state index contributed by atoms with van der Waals surface area (Å²) in [5.41, 5.74) is 9.39. The molecule has 6 heteroatoms. The first kappa shape index (κ1) is 15.2. The van der Waals surface area contributed by atoms with Crippen molar-refractivity contribution in [2.45, 2.75) is 19.5 Å². The number of aromatic nitrogens is 3. The minimum atomic E-state index is -0.234. The summed E-state index contributed by atoms with van der Waals surface area (Å²) in [5, 5.41) is 4.41. The van der Waals surface area contributed by atoms with Crippen LogP contribution < -0.4 is 5.73 Å². The predicted molar refractivity (Wildman–Crippen MR) is 83.5 cm³/mol. The van der Waals surface area contributed by atoms with Crippen LogP contribution in [0.4, 0.5) is 0 Å². The van der Waals surface area contributed by atoms with Crippen molar-refractivity contribution in [3.05, 3.63) is 46.0 Å². The summed E-state index contributed by atoms with van der Waals surface area (Å²) in [6.45, 7) is 3.70. The van der Waals surface area contributed by atoms with E-state index in [0.29, 0.717) is 0 Å². The summed E-state index contributed by atoms with van der Waals surface area (Å²) in [5.74, 6) is 0. The first-order chi connectivity index (χ1) is 9.50. The molecule has 2 aromatic heterocycles. The van der Waals surface area contributed by atoms with Crippen molar-refractivity contribution in [2.75, 3.05) is 20.6 Å². The molecule has 2 rings (SSSR count). The molecule has 2 N–H and O–H groups in total. The molecular weight excluding hydrogens is 318 g/mol. The fourth-order valence-corrected chi connectivity index (χ4v) is 2.67. The maximum Gasteiger partial charge on any atom is 0.0752 e. The van der Waals surface area contributed by atoms with Gasteiger partial charge in [-0.05, 0) is 48.6 Å². The third kappa shape index (κ3) is 3.26. The van der Waals surface area contributed by atoms with Gasteiger partial charge in [0.2, 0.25) is 0 Å². The summed E-state index contributed by atoms with van der Waals surface area (Å²) < 4.78 is 2.90. The molecule has 0 fully saturated rings. The van der Waals surface area contributed by atoms with Gasteiger partial charge >= 0.3 is 0 Å². The van der Waals surface area contributed by atoms with E-state index in [-0.39, 0.29) is 6.04 Å². The summed E-state index contributed by atoms with van der Waals surface area (Å²) in [4.78, 5) is 6.44. The molecule has 0 amide bonds. The second-order valence-corrected chi connectivity index (χ2v) is 5.91. The van der Waals surface area contributed by atoms with Crippen LogP contribution in [-0.4, -0.2) is 40.3 Å². The fraction of sp³-hybridized carbons (Fsp3) is 0.429. The summed E-state index contributed by atoms with van der Waals surface area (Å²) >= 11 is 3.55. The molecule has 0 aliphatic heterocycles. The molecule has 0 saturated heterocycles. The number of nitrogens with zero attached hydrogens (tertiary/aromatic N) is 4. The molecule has 20 heavy (non-hydrogen) atoms. The Labute approximate surface area is 127 Å². The van der Waals surface area contributed by atoms with E-state index in [9.17, 15) is 0 Å². The number of aryl methyl sites for hydroxylation is 1. The monoisotopic (exact) mass is 337 g/mol. The standard InChI is InChI=1S/C14H20BrN5/c1-10-11(5-4-6-17-10)13(16)14-12(15)9-18-20(14)8-7-19(2)3/h4-6,9,13H,7-8,16H2,1-3H3. The van der Waals surface area contributed by atoms with E-state index in [4.69, 9.17) is 5.73 Å². The Morgan fingerprint density at radius 2 is 2.20 bits per heavy atom. The van der Waals surface area contributed by atoms with E-state index in [1.807, 2.05) is 37.8 Å². The molecule has 2 heterocycles. The molecule has 0 aromatic carbocycles. The van der Waals surface area contributed by atoms with Crippen LogP contribution in [0.5, 0.6) is 0 Å². The van der Waals surface area contributed by atoms with Gasteiger partial charge in [-0.2, -0.15) is 5.10 Å². The number of hydrogen-bond acceptors (Lipinski definition) is 4. The van der Waals surface area contributed by atoms with Gasteiger partial charge in [0.05, 0.1) is 29.0 Å². The van der Waals surface area contributed by atoms with Gasteiger partial charge in [-0.25, -0.2) is 0 Å². The Morgan fingerprint density at radius 1 is 1.45 bits per heavy atom. The highest BCUT2D eigenvalue weighted by Crippen LogP contribution is 2.27. The molecule has 1 atom stereocenters. The van der Waals surface area contributed by atoms with E-state index < -0.39 is 0 Å². The molecule has 108 valence electrons. The van der Waals surface area contributed by atoms with E-state index in [2.05, 4.69) is 30.9 Å². The van der Waals surface area contributed by atoms with Crippen molar-refractivity contribution >= 4 is 15.9 Å². The molecule has 0 aliphatic rings. The van der Waals surface area contributed by atoms with E-state index >= 15 is 0 Å². The lowest BCUT2D eigenvalue weighted by atomic mass is 10.0. The molecule has 5 nitrogen and oxygen atoms in total. The Balaban J connectivity index is 2.32. The van der Waals surface area contributed by atoms with E-state index in [1.165, 1.54) is 0 Å². The van der Waals surface area contributed by atoms with Gasteiger partial charge in [0.1, 0.15) is 0 Å². The van der Waals surface area contributed by atoms with Crippen molar-refractivity contribution in [3.63, 3.8) is 0 Å². The van der Waals surface area contributed by atoms with Crippen molar-refractivity contribution in [1.29, 1.82) is 0 Å². The number of pyridine rings is 1. The van der Waals surface area contributed by atoms with Crippen LogP contribution in [0.15, 0.2) is 29.0 Å². The van der Waals surface area contributed by atoms with Gasteiger partial charge in [0, 0.05) is 18.4 Å². The zero-order chi connectivity index (χ0) is 14.7. The van der Waals surface area contributed by atoms with E-state index in [1.54, 1.807) is 12.4 Å². The third-order valence-corrected chi connectivity index (χ3v) is 3.88. The molecule has 0 radical (unpaired) electrons. The van der Waals surface area contributed by atoms with Crippen molar-refractivity contribution in [2.24, 2.45) is 5.73 Å². The summed E-state index contributed by atoms with van der Waals surface area (Å²) in [6.07, 6.45) is 3.58. The van der Waals surface area contributed by atoms with Gasteiger partial charge in [-0.3, -0.25) is 9.67 Å². The minimum absolute atomic E-state index is 0.234. The van der Waals surface area contributed by atoms with Gasteiger partial charge < -0.3 is 10.6 Å². The number of likely N-dealkylation sites (N-methyl/N-ethyl adjacent to an activating group) is 1. The predicted octanol–water partition coefficient (Wildman–Crippen LogP) is 1.96. The van der Waals surface area contributed by atoms with Crippen LogP contribution in [0.1, 0.15) is 23.0 Å². The summed E-state index contributed by atoms with van der Waals surface area (Å²) in [7, 11) is 4.09. The Kier molecular flexibility index (Phi) is 4.91. The lowest BCUT2D eigenvalue weighted by Crippen LogP contribution is -2.24. The normalized spacial score (nSPS) is 12.9. The molecule has 0 saturated carbocycles. The first-order valence-electron chi connectivity index (χ1n) is 6.53. The summed E-state index contributed by atoms with van der Waals surface area (Å²) in [6, 6.07) is 3.70. The second-order valence-electron chi connectivity index (χ2n) is 5.06. The minimum Gasteiger partial charge on any atom is -0.319 e. The lowest BCUT2D eigenvalue weighted by molar-refractivity contribution is 0.368. The molecule has 0 bridgehead atoms. The number of hydrogen-bond donors (Lipinski definition) is 1. The first-order valence-corrected chi connectivity index (χ1v) is 7.33. The Hall–Kier alpha value is -1.24. The number of nitrogens with two attached hydrogens (primary N) is 1. The largest absolute Gasteiger partial charge is 0.319 e. The highest BCUT2D eigenvalue weighted by Gasteiger charge is 2.20. The SMILES string of the molecule is Cc1ncccc1C(N)c1c(Br)cnn1CCN(C)C. The lowest BCUT2D eigenvalue weighted by Gasteiger charge is -2.18. The van der Waals surface area contributed by atoms with Gasteiger partial charge in [0.25, 0.3) is 0 Å². The van der Waals surface area contributed by atoms with Crippen molar-refractivity contribution in [3.8, 4) is 0 Å². The van der Waals surface area contributed by atoms with E-state index in [0.717, 1.165) is 34.5 Å². The Bertz CT molecular complexity index is 579. The molecule has 0 spiro atoms. The highest BCUT2D eigenvalue weighted by molar-refractivity contribution is 9.10. The van der Waals surface area contributed by atoms with Crippen molar-refractivity contribution in [1.82, 2.24) is 19.7 Å². The highest BCUT2D eigenvalue weighted by atomic mass is 79.9. The maximum atomic E-state index is 6.43. The van der Waals surface area contributed by atoms with Crippen LogP contribution in [-0.2, 0) is 6.54 Å². The quantitative estimate of drug-likeness (QED) is 0.905. The van der Waals surface area contributed by atoms with Crippen LogP contribution in [0.3, 0.4) is 0 Å². The average molecular weight is 338 g/mol. The van der Waals surface area contributed by atoms with Crippen LogP contribution in [0.25, 0.3) is 0 Å². The molecular formula is C14H20BrN5. The van der Waals surface area contributed by atoms with Crippen molar-refractivity contribution < 1.29 is 0 Å². The topological polar surface area (TPSA) is 60.0 Å². The molecule has 1 unspecified atom stereocenters. The number of halogens is 1. The Morgan fingerprint density at radius 3 is 2.85 bits per heavy atom. The average Bonchev–Trinajstić information content (AvgIpc) is 2.77. The van der Waals surface area contributed by atoms with Gasteiger partial charge in [-0.1, -0.05) is 6.07 Å². The number of rotatable bonds is 5. The second kappa shape index (κ2) is 6.47. The van der Waals surface area contributed by atoms with Crippen LogP contribution >= 0.6 is 15.9 Å². The fourth-order valence-electron chi connectivity index (χ4n) is 2.13. The zero-order valence-corrected chi connectivity index (χ0v) is 13.6. The maximum absolute atomic E-state index is 6.43. The van der Waals surface area contributed by atoms with Crippen LogP contribution in [0, 0.1) is 6.92 Å².